The number of rotatable bonds is 6. The van der Waals surface area contributed by atoms with Crippen molar-refractivity contribution >= 4 is 11.6 Å². The Morgan fingerprint density at radius 3 is 2.59 bits per heavy atom. The van der Waals surface area contributed by atoms with Crippen LogP contribution in [-0.4, -0.2) is 29.0 Å². The minimum Gasteiger partial charge on any atom is -0.380 e. The third kappa shape index (κ3) is 3.19. The van der Waals surface area contributed by atoms with Crippen LogP contribution >= 0.6 is 11.6 Å². The number of aromatic nitrogens is 2. The Morgan fingerprint density at radius 2 is 2.24 bits per heavy atom. The Kier molecular flexibility index (Phi) is 5.39. The molecule has 17 heavy (non-hydrogen) atoms. The fourth-order valence-corrected chi connectivity index (χ4v) is 2.26. The Morgan fingerprint density at radius 1 is 1.59 bits per heavy atom. The van der Waals surface area contributed by atoms with Crippen LogP contribution in [0.4, 0.5) is 0 Å². The molecule has 1 aromatic rings. The van der Waals surface area contributed by atoms with Crippen LogP contribution in [0.5, 0.6) is 0 Å². The van der Waals surface area contributed by atoms with Crippen molar-refractivity contribution in [1.82, 2.24) is 15.2 Å². The standard InChI is InChI=1S/C11H21ClN4O/c1-5-10(17-4)8(14-13)6-9-11(12)7(2)15-16(9)3/h8,10,14H,5-6,13H2,1-4H3. The van der Waals surface area contributed by atoms with Gasteiger partial charge in [0, 0.05) is 20.6 Å². The number of nitrogens with zero attached hydrogens (tertiary/aromatic N) is 2. The van der Waals surface area contributed by atoms with Crippen molar-refractivity contribution in [2.75, 3.05) is 7.11 Å². The summed E-state index contributed by atoms with van der Waals surface area (Å²) in [7, 11) is 3.57. The average Bonchev–Trinajstić information content (AvgIpc) is 2.55. The lowest BCUT2D eigenvalue weighted by Crippen LogP contribution is -2.46. The highest BCUT2D eigenvalue weighted by molar-refractivity contribution is 6.31. The van der Waals surface area contributed by atoms with Gasteiger partial charge in [-0.2, -0.15) is 5.10 Å². The van der Waals surface area contributed by atoms with Gasteiger partial charge in [0.25, 0.3) is 0 Å². The fraction of sp³-hybridized carbons (Fsp3) is 0.727. The molecule has 0 aliphatic heterocycles. The highest BCUT2D eigenvalue weighted by Gasteiger charge is 2.22. The molecule has 0 spiro atoms. The molecule has 0 saturated heterocycles. The van der Waals surface area contributed by atoms with E-state index >= 15 is 0 Å². The van der Waals surface area contributed by atoms with E-state index in [1.54, 1.807) is 11.8 Å². The number of methoxy groups -OCH3 is 1. The Hall–Kier alpha value is -0.620. The number of nitrogens with two attached hydrogens (primary N) is 1. The van der Waals surface area contributed by atoms with Gasteiger partial charge in [0.2, 0.25) is 0 Å². The quantitative estimate of drug-likeness (QED) is 0.596. The van der Waals surface area contributed by atoms with Gasteiger partial charge in [-0.1, -0.05) is 18.5 Å². The van der Waals surface area contributed by atoms with Crippen LogP contribution in [0.15, 0.2) is 0 Å². The summed E-state index contributed by atoms with van der Waals surface area (Å²) in [6, 6.07) is 0.0253. The predicted octanol–water partition coefficient (Wildman–Crippen LogP) is 1.18. The Labute approximate surface area is 107 Å². The zero-order valence-electron chi connectivity index (χ0n) is 10.8. The van der Waals surface area contributed by atoms with Gasteiger partial charge in [-0.25, -0.2) is 0 Å². The summed E-state index contributed by atoms with van der Waals surface area (Å²) in [4.78, 5) is 0. The SMILES string of the molecule is CCC(OC)C(Cc1c(Cl)c(C)nn1C)NN. The maximum absolute atomic E-state index is 6.21. The van der Waals surface area contributed by atoms with Crippen LogP contribution in [0.2, 0.25) is 5.02 Å². The smallest absolute Gasteiger partial charge is 0.0847 e. The minimum atomic E-state index is 0.0253. The summed E-state index contributed by atoms with van der Waals surface area (Å²) in [6.07, 6.45) is 1.64. The number of hydrogen-bond acceptors (Lipinski definition) is 4. The molecule has 1 heterocycles. The van der Waals surface area contributed by atoms with Crippen molar-refractivity contribution in [2.45, 2.75) is 38.8 Å². The molecule has 0 saturated carbocycles. The first kappa shape index (κ1) is 14.4. The number of halogens is 1. The highest BCUT2D eigenvalue weighted by atomic mass is 35.5. The zero-order valence-corrected chi connectivity index (χ0v) is 11.6. The number of nitrogens with one attached hydrogen (secondary N) is 1. The molecular formula is C11H21ClN4O. The van der Waals surface area contributed by atoms with Crippen LogP contribution < -0.4 is 11.3 Å². The number of hydrazine groups is 1. The summed E-state index contributed by atoms with van der Waals surface area (Å²) in [5.74, 6) is 5.58. The molecule has 1 rings (SSSR count). The molecule has 0 bridgehead atoms. The average molecular weight is 261 g/mol. The topological polar surface area (TPSA) is 65.1 Å². The first-order chi connectivity index (χ1) is 8.04. The maximum Gasteiger partial charge on any atom is 0.0847 e. The van der Waals surface area contributed by atoms with Gasteiger partial charge in [0.05, 0.1) is 28.6 Å². The molecule has 0 amide bonds. The molecular weight excluding hydrogens is 240 g/mol. The first-order valence-electron chi connectivity index (χ1n) is 5.72. The lowest BCUT2D eigenvalue weighted by atomic mass is 10.0. The fourth-order valence-electron chi connectivity index (χ4n) is 2.02. The van der Waals surface area contributed by atoms with Crippen LogP contribution in [-0.2, 0) is 18.2 Å². The Balaban J connectivity index is 2.87. The van der Waals surface area contributed by atoms with E-state index < -0.39 is 0 Å². The summed E-state index contributed by atoms with van der Waals surface area (Å²) in [6.45, 7) is 3.96. The summed E-state index contributed by atoms with van der Waals surface area (Å²) >= 11 is 6.21. The van der Waals surface area contributed by atoms with E-state index in [1.807, 2.05) is 14.0 Å². The molecule has 0 aliphatic rings. The van der Waals surface area contributed by atoms with E-state index in [1.165, 1.54) is 0 Å². The lowest BCUT2D eigenvalue weighted by molar-refractivity contribution is 0.0648. The van der Waals surface area contributed by atoms with Crippen LogP contribution in [0.1, 0.15) is 24.7 Å². The maximum atomic E-state index is 6.21. The van der Waals surface area contributed by atoms with Gasteiger partial charge >= 0.3 is 0 Å². The van der Waals surface area contributed by atoms with Crippen molar-refractivity contribution in [1.29, 1.82) is 0 Å². The molecule has 2 unspecified atom stereocenters. The second-order valence-corrected chi connectivity index (χ2v) is 4.51. The molecule has 0 aliphatic carbocycles. The second kappa shape index (κ2) is 6.35. The normalized spacial score (nSPS) is 14.9. The lowest BCUT2D eigenvalue weighted by Gasteiger charge is -2.24. The van der Waals surface area contributed by atoms with Crippen LogP contribution in [0.25, 0.3) is 0 Å². The van der Waals surface area contributed by atoms with Gasteiger partial charge in [-0.3, -0.25) is 16.0 Å². The van der Waals surface area contributed by atoms with Crippen LogP contribution in [0.3, 0.4) is 0 Å². The van der Waals surface area contributed by atoms with Crippen LogP contribution in [0, 0.1) is 6.92 Å². The van der Waals surface area contributed by atoms with E-state index in [2.05, 4.69) is 17.4 Å². The second-order valence-electron chi connectivity index (χ2n) is 4.13. The number of hydrogen-bond donors (Lipinski definition) is 2. The summed E-state index contributed by atoms with van der Waals surface area (Å²) in [5.41, 5.74) is 4.60. The third-order valence-electron chi connectivity index (χ3n) is 3.04. The van der Waals surface area contributed by atoms with E-state index in [-0.39, 0.29) is 12.1 Å². The third-order valence-corrected chi connectivity index (χ3v) is 3.53. The van der Waals surface area contributed by atoms with Crippen molar-refractivity contribution in [2.24, 2.45) is 12.9 Å². The number of aryl methyl sites for hydroxylation is 2. The van der Waals surface area contributed by atoms with E-state index in [9.17, 15) is 0 Å². The molecule has 5 nitrogen and oxygen atoms in total. The molecule has 6 heteroatoms. The van der Waals surface area contributed by atoms with Crippen molar-refractivity contribution < 1.29 is 4.74 Å². The molecule has 0 aromatic carbocycles. The van der Waals surface area contributed by atoms with Gasteiger partial charge < -0.3 is 4.74 Å². The van der Waals surface area contributed by atoms with E-state index in [0.29, 0.717) is 11.4 Å². The van der Waals surface area contributed by atoms with Gasteiger partial charge in [0.1, 0.15) is 0 Å². The van der Waals surface area contributed by atoms with Gasteiger partial charge in [-0.05, 0) is 13.3 Å². The molecule has 1 aromatic heterocycles. The van der Waals surface area contributed by atoms with Gasteiger partial charge in [-0.15, -0.1) is 0 Å². The van der Waals surface area contributed by atoms with E-state index in [4.69, 9.17) is 22.2 Å². The monoisotopic (exact) mass is 260 g/mol. The molecule has 3 N–H and O–H groups in total. The predicted molar refractivity (Wildman–Crippen MR) is 68.9 cm³/mol. The summed E-state index contributed by atoms with van der Waals surface area (Å²) < 4.78 is 7.19. The van der Waals surface area contributed by atoms with Crippen molar-refractivity contribution in [3.05, 3.63) is 16.4 Å². The molecule has 0 radical (unpaired) electrons. The molecule has 98 valence electrons. The largest absolute Gasteiger partial charge is 0.380 e. The van der Waals surface area contributed by atoms with E-state index in [0.717, 1.165) is 17.8 Å². The van der Waals surface area contributed by atoms with Crippen molar-refractivity contribution in [3.8, 4) is 0 Å². The minimum absolute atomic E-state index is 0.0253. The molecule has 2 atom stereocenters. The van der Waals surface area contributed by atoms with Crippen molar-refractivity contribution in [3.63, 3.8) is 0 Å². The Bertz CT molecular complexity index is 363. The number of ether oxygens (including phenoxy) is 1. The summed E-state index contributed by atoms with van der Waals surface area (Å²) in [5, 5.41) is 4.99. The molecule has 0 fully saturated rings. The zero-order chi connectivity index (χ0) is 13.0. The first-order valence-corrected chi connectivity index (χ1v) is 6.09. The highest BCUT2D eigenvalue weighted by Crippen LogP contribution is 2.22. The van der Waals surface area contributed by atoms with Gasteiger partial charge in [0.15, 0.2) is 0 Å².